The minimum Gasteiger partial charge on any atom is -0.369 e. The van der Waals surface area contributed by atoms with Crippen LogP contribution < -0.4 is 5.73 Å². The van der Waals surface area contributed by atoms with Gasteiger partial charge in [0.25, 0.3) is 0 Å². The van der Waals surface area contributed by atoms with E-state index in [4.69, 9.17) is 5.73 Å². The van der Waals surface area contributed by atoms with Crippen molar-refractivity contribution in [2.24, 2.45) is 5.73 Å². The molecule has 2 aromatic carbocycles. The molecule has 0 bridgehead atoms. The molecule has 2 aromatic heterocycles. The average Bonchev–Trinajstić information content (AvgIpc) is 3.06. The molecular weight excluding hydrogens is 361 g/mol. The van der Waals surface area contributed by atoms with Crippen LogP contribution in [0, 0.1) is 5.82 Å². The number of aromatic nitrogens is 2. The highest BCUT2D eigenvalue weighted by molar-refractivity contribution is 7.99. The summed E-state index contributed by atoms with van der Waals surface area (Å²) in [5, 5.41) is 0.969. The number of pyridine rings is 1. The van der Waals surface area contributed by atoms with Gasteiger partial charge < -0.3 is 5.73 Å². The Bertz CT molecular complexity index is 1100. The molecule has 2 N–H and O–H groups in total. The van der Waals surface area contributed by atoms with Crippen molar-refractivity contribution in [1.82, 2.24) is 9.38 Å². The Balaban J connectivity index is 1.63. The lowest BCUT2D eigenvalue weighted by Gasteiger charge is -2.06. The van der Waals surface area contributed by atoms with Crippen molar-refractivity contribution in [2.75, 3.05) is 0 Å². The maximum Gasteiger partial charge on any atom is 0.221 e. The summed E-state index contributed by atoms with van der Waals surface area (Å²) in [6.45, 7) is 0. The Morgan fingerprint density at radius 1 is 1.00 bits per heavy atom. The minimum absolute atomic E-state index is 0.238. The third-order valence-electron chi connectivity index (χ3n) is 4.17. The van der Waals surface area contributed by atoms with Gasteiger partial charge in [-0.15, -0.1) is 0 Å². The van der Waals surface area contributed by atoms with E-state index in [1.165, 1.54) is 12.1 Å². The van der Waals surface area contributed by atoms with Crippen LogP contribution in [0.3, 0.4) is 0 Å². The molecule has 4 nitrogen and oxygen atoms in total. The molecule has 0 aliphatic heterocycles. The van der Waals surface area contributed by atoms with Gasteiger partial charge in [-0.1, -0.05) is 36.0 Å². The number of hydrogen-bond acceptors (Lipinski definition) is 3. The molecule has 1 amide bonds. The van der Waals surface area contributed by atoms with E-state index in [-0.39, 0.29) is 18.1 Å². The molecule has 0 radical (unpaired) electrons. The van der Waals surface area contributed by atoms with Crippen LogP contribution in [0.1, 0.15) is 5.56 Å². The fraction of sp³-hybridized carbons (Fsp3) is 0.0476. The molecule has 0 fully saturated rings. The van der Waals surface area contributed by atoms with Gasteiger partial charge in [0.05, 0.1) is 12.6 Å². The van der Waals surface area contributed by atoms with Gasteiger partial charge in [-0.05, 0) is 53.1 Å². The van der Waals surface area contributed by atoms with Crippen molar-refractivity contribution >= 4 is 23.3 Å². The Morgan fingerprint density at radius 3 is 2.41 bits per heavy atom. The van der Waals surface area contributed by atoms with E-state index in [0.29, 0.717) is 0 Å². The van der Waals surface area contributed by atoms with E-state index < -0.39 is 0 Å². The third kappa shape index (κ3) is 3.85. The highest BCUT2D eigenvalue weighted by Gasteiger charge is 2.08. The Morgan fingerprint density at radius 2 is 1.70 bits per heavy atom. The first-order valence-corrected chi connectivity index (χ1v) is 9.18. The maximum absolute atomic E-state index is 13.2. The predicted octanol–water partition coefficient (Wildman–Crippen LogP) is 4.32. The van der Waals surface area contributed by atoms with Crippen molar-refractivity contribution in [3.63, 3.8) is 0 Å². The van der Waals surface area contributed by atoms with E-state index in [0.717, 1.165) is 32.3 Å². The molecule has 0 atom stereocenters. The number of carbonyl (C=O) groups is 1. The van der Waals surface area contributed by atoms with E-state index in [1.807, 2.05) is 53.2 Å². The molecule has 0 unspecified atom stereocenters. The van der Waals surface area contributed by atoms with Crippen molar-refractivity contribution in [1.29, 1.82) is 0 Å². The van der Waals surface area contributed by atoms with Crippen molar-refractivity contribution in [2.45, 2.75) is 16.3 Å². The number of halogens is 1. The van der Waals surface area contributed by atoms with Crippen LogP contribution >= 0.6 is 11.8 Å². The lowest BCUT2D eigenvalue weighted by molar-refractivity contribution is -0.117. The number of nitrogens with two attached hydrogens (primary N) is 1. The molecular formula is C21H16FN3OS. The molecule has 0 saturated carbocycles. The van der Waals surface area contributed by atoms with E-state index >= 15 is 0 Å². The number of benzene rings is 2. The van der Waals surface area contributed by atoms with Crippen LogP contribution in [0.15, 0.2) is 83.0 Å². The molecule has 6 heteroatoms. The molecule has 134 valence electrons. The number of hydrogen-bond donors (Lipinski definition) is 1. The number of primary amides is 1. The van der Waals surface area contributed by atoms with Gasteiger partial charge in [0.1, 0.15) is 16.5 Å². The second kappa shape index (κ2) is 7.25. The first-order valence-electron chi connectivity index (χ1n) is 8.37. The number of carbonyl (C=O) groups excluding carboxylic acids is 1. The molecule has 4 rings (SSSR count). The summed E-state index contributed by atoms with van der Waals surface area (Å²) in [6.07, 6.45) is 4.06. The Hall–Kier alpha value is -3.12. The number of fused-ring (bicyclic) bond motifs is 1. The van der Waals surface area contributed by atoms with Gasteiger partial charge in [0.2, 0.25) is 5.91 Å². The van der Waals surface area contributed by atoms with Crippen LogP contribution in [0.5, 0.6) is 0 Å². The topological polar surface area (TPSA) is 60.4 Å². The molecule has 0 saturated heterocycles. The van der Waals surface area contributed by atoms with Gasteiger partial charge in [-0.3, -0.25) is 9.20 Å². The zero-order valence-electron chi connectivity index (χ0n) is 14.3. The fourth-order valence-corrected chi connectivity index (χ4v) is 3.71. The molecule has 0 aliphatic carbocycles. The number of rotatable bonds is 5. The quantitative estimate of drug-likeness (QED) is 0.563. The van der Waals surface area contributed by atoms with Gasteiger partial charge >= 0.3 is 0 Å². The fourth-order valence-electron chi connectivity index (χ4n) is 2.84. The monoisotopic (exact) mass is 377 g/mol. The van der Waals surface area contributed by atoms with Crippen LogP contribution in [-0.2, 0) is 11.2 Å². The van der Waals surface area contributed by atoms with Crippen LogP contribution in [0.4, 0.5) is 4.39 Å². The molecule has 27 heavy (non-hydrogen) atoms. The summed E-state index contributed by atoms with van der Waals surface area (Å²) < 4.78 is 15.2. The maximum atomic E-state index is 13.2. The largest absolute Gasteiger partial charge is 0.369 e. The standard InChI is InChI=1S/C21H16FN3OS/c22-17-6-3-15(4-7-17)16-5-10-20-24-12-21(25(20)13-16)27-18-8-1-14(2-9-18)11-19(23)26/h1-10,12-13H,11H2,(H2,23,26). The van der Waals surface area contributed by atoms with Crippen LogP contribution in [-0.4, -0.2) is 15.3 Å². The average molecular weight is 377 g/mol. The smallest absolute Gasteiger partial charge is 0.221 e. The van der Waals surface area contributed by atoms with Crippen molar-refractivity contribution in [3.05, 3.63) is 84.4 Å². The van der Waals surface area contributed by atoms with Crippen LogP contribution in [0.25, 0.3) is 16.8 Å². The Labute approximate surface area is 159 Å². The van der Waals surface area contributed by atoms with Crippen LogP contribution in [0.2, 0.25) is 0 Å². The first kappa shape index (κ1) is 17.3. The minimum atomic E-state index is -0.342. The number of amides is 1. The van der Waals surface area contributed by atoms with Gasteiger partial charge in [-0.25, -0.2) is 9.37 Å². The summed E-state index contributed by atoms with van der Waals surface area (Å²) in [7, 11) is 0. The van der Waals surface area contributed by atoms with Gasteiger partial charge in [0, 0.05) is 11.1 Å². The predicted molar refractivity (Wildman–Crippen MR) is 104 cm³/mol. The van der Waals surface area contributed by atoms with E-state index in [2.05, 4.69) is 4.98 Å². The van der Waals surface area contributed by atoms with Gasteiger partial charge in [-0.2, -0.15) is 0 Å². The lowest BCUT2D eigenvalue weighted by atomic mass is 10.1. The SMILES string of the molecule is NC(=O)Cc1ccc(Sc2cnc3ccc(-c4ccc(F)cc4)cn23)cc1. The summed E-state index contributed by atoms with van der Waals surface area (Å²) in [5.74, 6) is -0.594. The summed E-state index contributed by atoms with van der Waals surface area (Å²) in [6, 6.07) is 18.1. The molecule has 0 spiro atoms. The molecule has 0 aliphatic rings. The number of nitrogens with zero attached hydrogens (tertiary/aromatic N) is 2. The number of imidazole rings is 1. The molecule has 4 aromatic rings. The van der Waals surface area contributed by atoms with Gasteiger partial charge in [0.15, 0.2) is 0 Å². The highest BCUT2D eigenvalue weighted by Crippen LogP contribution is 2.30. The summed E-state index contributed by atoms with van der Waals surface area (Å²) >= 11 is 1.58. The van der Waals surface area contributed by atoms with Crippen molar-refractivity contribution < 1.29 is 9.18 Å². The zero-order valence-corrected chi connectivity index (χ0v) is 15.1. The summed E-state index contributed by atoms with van der Waals surface area (Å²) in [4.78, 5) is 16.5. The Kier molecular flexibility index (Phi) is 4.64. The van der Waals surface area contributed by atoms with E-state index in [1.54, 1.807) is 23.9 Å². The second-order valence-corrected chi connectivity index (χ2v) is 7.23. The zero-order chi connectivity index (χ0) is 18.8. The van der Waals surface area contributed by atoms with E-state index in [9.17, 15) is 9.18 Å². The highest BCUT2D eigenvalue weighted by atomic mass is 32.2. The molecule has 2 heterocycles. The normalized spacial score (nSPS) is 11.0. The summed E-state index contributed by atoms with van der Waals surface area (Å²) in [5.41, 5.74) is 8.89. The second-order valence-electron chi connectivity index (χ2n) is 6.14. The lowest BCUT2D eigenvalue weighted by Crippen LogP contribution is -2.13. The third-order valence-corrected chi connectivity index (χ3v) is 5.19. The van der Waals surface area contributed by atoms with Crippen molar-refractivity contribution in [3.8, 4) is 11.1 Å². The first-order chi connectivity index (χ1) is 13.1.